The van der Waals surface area contributed by atoms with Crippen LogP contribution in [-0.2, 0) is 24.3 Å². The molecule has 0 bridgehead atoms. The fraction of sp³-hybridized carbons (Fsp3) is 0.286. The molecule has 0 radical (unpaired) electrons. The Balaban J connectivity index is 1.91. The summed E-state index contributed by atoms with van der Waals surface area (Å²) in [6.45, 7) is 5.46. The highest BCUT2D eigenvalue weighted by Crippen LogP contribution is 2.36. The van der Waals surface area contributed by atoms with E-state index in [0.717, 1.165) is 40.2 Å². The SMILES string of the molecule is CCc1cc(-c2c(-c3ccc(F)cc3)nn3c2CN(C(C)=O)CC3)ccn1. The van der Waals surface area contributed by atoms with Crippen molar-refractivity contribution in [2.75, 3.05) is 6.54 Å². The Hall–Kier alpha value is -3.02. The zero-order valence-electron chi connectivity index (χ0n) is 15.4. The summed E-state index contributed by atoms with van der Waals surface area (Å²) < 4.78 is 15.4. The van der Waals surface area contributed by atoms with E-state index in [1.807, 2.05) is 15.6 Å². The van der Waals surface area contributed by atoms with Gasteiger partial charge in [-0.25, -0.2) is 4.39 Å². The molecule has 27 heavy (non-hydrogen) atoms. The number of benzene rings is 1. The molecule has 0 unspecified atom stereocenters. The molecule has 0 saturated heterocycles. The van der Waals surface area contributed by atoms with Crippen LogP contribution in [0.3, 0.4) is 0 Å². The van der Waals surface area contributed by atoms with Gasteiger partial charge in [-0.05, 0) is 48.4 Å². The van der Waals surface area contributed by atoms with Crippen molar-refractivity contribution in [2.24, 2.45) is 0 Å². The minimum Gasteiger partial charge on any atom is -0.335 e. The Morgan fingerprint density at radius 3 is 2.63 bits per heavy atom. The molecule has 3 aromatic rings. The molecule has 0 atom stereocenters. The fourth-order valence-electron chi connectivity index (χ4n) is 3.53. The molecule has 0 aliphatic carbocycles. The molecule has 0 fully saturated rings. The van der Waals surface area contributed by atoms with E-state index in [4.69, 9.17) is 5.10 Å². The van der Waals surface area contributed by atoms with Gasteiger partial charge < -0.3 is 4.90 Å². The third-order valence-electron chi connectivity index (χ3n) is 5.01. The van der Waals surface area contributed by atoms with Crippen molar-refractivity contribution in [2.45, 2.75) is 33.4 Å². The van der Waals surface area contributed by atoms with Crippen molar-refractivity contribution in [3.63, 3.8) is 0 Å². The third-order valence-corrected chi connectivity index (χ3v) is 5.01. The zero-order chi connectivity index (χ0) is 19.0. The second kappa shape index (κ2) is 6.95. The standard InChI is InChI=1S/C21H21FN4O/c1-3-18-12-16(8-9-23-18)20-19-13-25(14(2)27)10-11-26(19)24-21(20)15-4-6-17(22)7-5-15/h4-9,12H,3,10-11,13H2,1-2H3. The number of hydrogen-bond donors (Lipinski definition) is 0. The number of carbonyl (C=O) groups excluding carboxylic acids is 1. The minimum absolute atomic E-state index is 0.0562. The number of pyridine rings is 1. The molecule has 3 heterocycles. The van der Waals surface area contributed by atoms with E-state index in [1.54, 1.807) is 25.3 Å². The second-order valence-electron chi connectivity index (χ2n) is 6.73. The minimum atomic E-state index is -0.274. The normalized spacial score (nSPS) is 13.5. The summed E-state index contributed by atoms with van der Waals surface area (Å²) in [5.74, 6) is -0.218. The molecule has 1 aliphatic rings. The van der Waals surface area contributed by atoms with Crippen molar-refractivity contribution in [3.05, 3.63) is 59.8 Å². The van der Waals surface area contributed by atoms with Gasteiger partial charge in [0.25, 0.3) is 0 Å². The van der Waals surface area contributed by atoms with Gasteiger partial charge in [0, 0.05) is 36.5 Å². The molecule has 0 saturated carbocycles. The first-order valence-corrected chi connectivity index (χ1v) is 9.13. The molecule has 138 valence electrons. The van der Waals surface area contributed by atoms with E-state index in [2.05, 4.69) is 18.0 Å². The van der Waals surface area contributed by atoms with Crippen molar-refractivity contribution in [1.82, 2.24) is 19.7 Å². The van der Waals surface area contributed by atoms with E-state index < -0.39 is 0 Å². The number of hydrogen-bond acceptors (Lipinski definition) is 3. The Labute approximate surface area is 157 Å². The van der Waals surface area contributed by atoms with Gasteiger partial charge in [0.1, 0.15) is 11.5 Å². The summed E-state index contributed by atoms with van der Waals surface area (Å²) in [5, 5.41) is 4.81. The lowest BCUT2D eigenvalue weighted by atomic mass is 9.98. The van der Waals surface area contributed by atoms with Crippen LogP contribution in [0.4, 0.5) is 4.39 Å². The number of aryl methyl sites for hydroxylation is 1. The summed E-state index contributed by atoms with van der Waals surface area (Å²) in [6.07, 6.45) is 2.64. The van der Waals surface area contributed by atoms with Gasteiger partial charge in [-0.1, -0.05) is 6.92 Å². The molecule has 2 aromatic heterocycles. The van der Waals surface area contributed by atoms with Crippen LogP contribution in [0.15, 0.2) is 42.6 Å². The smallest absolute Gasteiger partial charge is 0.219 e. The third kappa shape index (κ3) is 3.23. The maximum absolute atomic E-state index is 13.4. The van der Waals surface area contributed by atoms with Crippen molar-refractivity contribution in [3.8, 4) is 22.4 Å². The summed E-state index contributed by atoms with van der Waals surface area (Å²) in [7, 11) is 0. The predicted octanol–water partition coefficient (Wildman–Crippen LogP) is 3.68. The van der Waals surface area contributed by atoms with Crippen molar-refractivity contribution < 1.29 is 9.18 Å². The van der Waals surface area contributed by atoms with Crippen LogP contribution in [0, 0.1) is 5.82 Å². The molecule has 0 spiro atoms. The lowest BCUT2D eigenvalue weighted by molar-refractivity contribution is -0.130. The lowest BCUT2D eigenvalue weighted by Gasteiger charge is -2.27. The number of rotatable bonds is 3. The highest BCUT2D eigenvalue weighted by Gasteiger charge is 2.27. The second-order valence-corrected chi connectivity index (χ2v) is 6.73. The summed E-state index contributed by atoms with van der Waals surface area (Å²) >= 11 is 0. The lowest BCUT2D eigenvalue weighted by Crippen LogP contribution is -2.37. The molecule has 1 aliphatic heterocycles. The Kier molecular flexibility index (Phi) is 4.48. The maximum Gasteiger partial charge on any atom is 0.219 e. The van der Waals surface area contributed by atoms with Gasteiger partial charge in [0.2, 0.25) is 5.91 Å². The van der Waals surface area contributed by atoms with Gasteiger partial charge in [-0.2, -0.15) is 5.10 Å². The van der Waals surface area contributed by atoms with E-state index in [-0.39, 0.29) is 11.7 Å². The molecule has 0 N–H and O–H groups in total. The summed E-state index contributed by atoms with van der Waals surface area (Å²) in [4.78, 5) is 18.1. The first-order chi connectivity index (χ1) is 13.1. The first kappa shape index (κ1) is 17.4. The molecule has 4 rings (SSSR count). The Morgan fingerprint density at radius 2 is 1.93 bits per heavy atom. The number of fused-ring (bicyclic) bond motifs is 1. The molecule has 5 nitrogen and oxygen atoms in total. The number of carbonyl (C=O) groups is 1. The maximum atomic E-state index is 13.4. The van der Waals surface area contributed by atoms with Gasteiger partial charge in [-0.15, -0.1) is 0 Å². The molecular weight excluding hydrogens is 343 g/mol. The molecule has 1 aromatic carbocycles. The van der Waals surface area contributed by atoms with Crippen LogP contribution < -0.4 is 0 Å². The van der Waals surface area contributed by atoms with Crippen molar-refractivity contribution >= 4 is 5.91 Å². The van der Waals surface area contributed by atoms with E-state index in [0.29, 0.717) is 19.6 Å². The Bertz CT molecular complexity index is 994. The van der Waals surface area contributed by atoms with Crippen LogP contribution in [-0.4, -0.2) is 32.1 Å². The van der Waals surface area contributed by atoms with Gasteiger partial charge in [-0.3, -0.25) is 14.5 Å². The predicted molar refractivity (Wildman–Crippen MR) is 101 cm³/mol. The molecular formula is C21H21FN4O. The van der Waals surface area contributed by atoms with Crippen molar-refractivity contribution in [1.29, 1.82) is 0 Å². The fourth-order valence-corrected chi connectivity index (χ4v) is 3.53. The van der Waals surface area contributed by atoms with Crippen LogP contribution in [0.25, 0.3) is 22.4 Å². The Morgan fingerprint density at radius 1 is 1.15 bits per heavy atom. The molecule has 1 amide bonds. The number of halogens is 1. The van der Waals surface area contributed by atoms with Gasteiger partial charge in [0.15, 0.2) is 0 Å². The monoisotopic (exact) mass is 364 g/mol. The largest absolute Gasteiger partial charge is 0.335 e. The quantitative estimate of drug-likeness (QED) is 0.712. The van der Waals surface area contributed by atoms with Crippen LogP contribution in [0.5, 0.6) is 0 Å². The van der Waals surface area contributed by atoms with E-state index >= 15 is 0 Å². The average molecular weight is 364 g/mol. The number of amides is 1. The number of nitrogens with zero attached hydrogens (tertiary/aromatic N) is 4. The first-order valence-electron chi connectivity index (χ1n) is 9.13. The topological polar surface area (TPSA) is 51.0 Å². The van der Waals surface area contributed by atoms with E-state index in [9.17, 15) is 9.18 Å². The molecule has 6 heteroatoms. The highest BCUT2D eigenvalue weighted by molar-refractivity contribution is 5.83. The average Bonchev–Trinajstić information content (AvgIpc) is 3.07. The van der Waals surface area contributed by atoms with Gasteiger partial charge >= 0.3 is 0 Å². The van der Waals surface area contributed by atoms with E-state index in [1.165, 1.54) is 12.1 Å². The summed E-state index contributed by atoms with van der Waals surface area (Å²) in [6, 6.07) is 10.4. The van der Waals surface area contributed by atoms with Crippen LogP contribution >= 0.6 is 0 Å². The van der Waals surface area contributed by atoms with Crippen LogP contribution in [0.2, 0.25) is 0 Å². The number of aromatic nitrogens is 3. The van der Waals surface area contributed by atoms with Gasteiger partial charge in [0.05, 0.1) is 18.8 Å². The summed E-state index contributed by atoms with van der Waals surface area (Å²) in [5.41, 5.74) is 5.68. The zero-order valence-corrected chi connectivity index (χ0v) is 15.4. The van der Waals surface area contributed by atoms with Crippen LogP contribution in [0.1, 0.15) is 25.2 Å². The highest BCUT2D eigenvalue weighted by atomic mass is 19.1.